The highest BCUT2D eigenvalue weighted by atomic mass is 16.5. The lowest BCUT2D eigenvalue weighted by atomic mass is 9.96. The highest BCUT2D eigenvalue weighted by Crippen LogP contribution is 2.48. The van der Waals surface area contributed by atoms with Gasteiger partial charge >= 0.3 is 0 Å². The quantitative estimate of drug-likeness (QED) is 0.589. The van der Waals surface area contributed by atoms with Crippen molar-refractivity contribution in [3.8, 4) is 23.0 Å². The Morgan fingerprint density at radius 1 is 0.871 bits per heavy atom. The zero-order valence-corrected chi connectivity index (χ0v) is 17.7. The molecule has 3 aromatic carbocycles. The van der Waals surface area contributed by atoms with E-state index in [1.807, 2.05) is 54.6 Å². The van der Waals surface area contributed by atoms with Crippen LogP contribution in [-0.2, 0) is 0 Å². The van der Waals surface area contributed by atoms with Crippen LogP contribution in [0.3, 0.4) is 0 Å². The number of benzene rings is 3. The molecule has 0 saturated carbocycles. The molecule has 0 radical (unpaired) electrons. The minimum absolute atomic E-state index is 0.0873. The van der Waals surface area contributed by atoms with Crippen LogP contribution in [0.25, 0.3) is 0 Å². The van der Waals surface area contributed by atoms with Crippen LogP contribution in [-0.4, -0.2) is 32.0 Å². The van der Waals surface area contributed by atoms with Crippen LogP contribution in [0.15, 0.2) is 71.8 Å². The summed E-state index contributed by atoms with van der Waals surface area (Å²) < 4.78 is 22.8. The lowest BCUT2D eigenvalue weighted by molar-refractivity contribution is -0.0191. The number of para-hydroxylation sites is 1. The first-order chi connectivity index (χ1) is 15.2. The summed E-state index contributed by atoms with van der Waals surface area (Å²) in [5.74, 6) is 3.04. The Morgan fingerprint density at radius 3 is 2.52 bits per heavy atom. The molecule has 6 nitrogen and oxygen atoms in total. The second-order valence-electron chi connectivity index (χ2n) is 7.50. The van der Waals surface area contributed by atoms with Gasteiger partial charge in [-0.3, -0.25) is 0 Å². The third-order valence-corrected chi connectivity index (χ3v) is 5.79. The van der Waals surface area contributed by atoms with Crippen molar-refractivity contribution in [1.29, 1.82) is 0 Å². The van der Waals surface area contributed by atoms with Crippen molar-refractivity contribution in [1.82, 2.24) is 5.01 Å². The lowest BCUT2D eigenvalue weighted by Gasteiger charge is -2.38. The number of ether oxygens (including phenoxy) is 4. The number of hydrogen-bond donors (Lipinski definition) is 0. The van der Waals surface area contributed by atoms with Gasteiger partial charge in [0.1, 0.15) is 11.5 Å². The predicted octanol–water partition coefficient (Wildman–Crippen LogP) is 4.95. The van der Waals surface area contributed by atoms with Crippen LogP contribution < -0.4 is 18.9 Å². The van der Waals surface area contributed by atoms with Crippen molar-refractivity contribution in [2.24, 2.45) is 5.10 Å². The molecule has 0 fully saturated rings. The summed E-state index contributed by atoms with van der Waals surface area (Å²) in [6, 6.07) is 22.1. The average molecular weight is 416 g/mol. The van der Waals surface area contributed by atoms with Crippen LogP contribution in [0.2, 0.25) is 0 Å². The van der Waals surface area contributed by atoms with Crippen LogP contribution in [0, 0.1) is 0 Å². The fraction of sp³-hybridized carbons (Fsp3) is 0.240. The SMILES string of the molecule is COc1cccc(C2=NN3[C@@H](C2)c2ccccc2O[C@H]3c2ccc(OC)c(OC)c2)c1. The van der Waals surface area contributed by atoms with E-state index in [9.17, 15) is 0 Å². The van der Waals surface area contributed by atoms with Gasteiger partial charge in [0.2, 0.25) is 6.23 Å². The molecule has 3 aromatic rings. The summed E-state index contributed by atoms with van der Waals surface area (Å²) in [5.41, 5.74) is 4.15. The third kappa shape index (κ3) is 3.34. The molecule has 0 unspecified atom stereocenters. The standard InChI is InChI=1S/C25H24N2O4/c1-28-18-8-6-7-16(13-18)20-15-21-19-9-4-5-10-22(19)31-25(27(21)26-20)17-11-12-23(29-2)24(14-17)30-3/h4-14,21,25H,15H2,1-3H3/t21-,25-/m0/s1. The summed E-state index contributed by atoms with van der Waals surface area (Å²) in [7, 11) is 4.94. The van der Waals surface area contributed by atoms with Gasteiger partial charge < -0.3 is 18.9 Å². The van der Waals surface area contributed by atoms with E-state index in [0.717, 1.165) is 40.3 Å². The summed E-state index contributed by atoms with van der Waals surface area (Å²) in [6.07, 6.45) is 0.417. The second-order valence-corrected chi connectivity index (χ2v) is 7.50. The maximum atomic E-state index is 6.43. The van der Waals surface area contributed by atoms with Crippen molar-refractivity contribution < 1.29 is 18.9 Å². The van der Waals surface area contributed by atoms with E-state index >= 15 is 0 Å². The zero-order chi connectivity index (χ0) is 21.4. The van der Waals surface area contributed by atoms with E-state index in [1.165, 1.54) is 0 Å². The van der Waals surface area contributed by atoms with Crippen molar-refractivity contribution in [3.05, 3.63) is 83.4 Å². The molecule has 0 aliphatic carbocycles. The van der Waals surface area contributed by atoms with Gasteiger partial charge in [-0.05, 0) is 36.4 Å². The molecule has 2 heterocycles. The van der Waals surface area contributed by atoms with E-state index in [4.69, 9.17) is 24.0 Å². The van der Waals surface area contributed by atoms with E-state index in [0.29, 0.717) is 11.5 Å². The summed E-state index contributed by atoms with van der Waals surface area (Å²) in [6.45, 7) is 0. The monoisotopic (exact) mass is 416 g/mol. The van der Waals surface area contributed by atoms with Gasteiger partial charge in [0, 0.05) is 23.1 Å². The Morgan fingerprint density at radius 2 is 1.71 bits per heavy atom. The van der Waals surface area contributed by atoms with E-state index in [2.05, 4.69) is 17.1 Å². The summed E-state index contributed by atoms with van der Waals surface area (Å²) in [4.78, 5) is 0. The van der Waals surface area contributed by atoms with E-state index < -0.39 is 0 Å². The highest BCUT2D eigenvalue weighted by molar-refractivity contribution is 6.02. The molecule has 2 atom stereocenters. The van der Waals surface area contributed by atoms with Crippen LogP contribution >= 0.6 is 0 Å². The Balaban J connectivity index is 1.58. The Kier molecular flexibility index (Phi) is 4.90. The van der Waals surface area contributed by atoms with Gasteiger partial charge in [-0.15, -0.1) is 0 Å². The molecule has 2 aliphatic heterocycles. The number of rotatable bonds is 5. The first-order valence-corrected chi connectivity index (χ1v) is 10.2. The summed E-state index contributed by atoms with van der Waals surface area (Å²) in [5, 5.41) is 7.06. The van der Waals surface area contributed by atoms with E-state index in [1.54, 1.807) is 21.3 Å². The van der Waals surface area contributed by atoms with Crippen molar-refractivity contribution in [3.63, 3.8) is 0 Å². The van der Waals surface area contributed by atoms with Gasteiger partial charge in [0.15, 0.2) is 11.5 Å². The first-order valence-electron chi connectivity index (χ1n) is 10.2. The maximum Gasteiger partial charge on any atom is 0.214 e. The molecule has 0 spiro atoms. The predicted molar refractivity (Wildman–Crippen MR) is 118 cm³/mol. The van der Waals surface area contributed by atoms with Crippen LogP contribution in [0.1, 0.15) is 35.4 Å². The fourth-order valence-corrected chi connectivity index (χ4v) is 4.24. The number of nitrogens with zero attached hydrogens (tertiary/aromatic N) is 2. The molecule has 0 aromatic heterocycles. The van der Waals surface area contributed by atoms with Gasteiger partial charge in [-0.1, -0.05) is 30.3 Å². The van der Waals surface area contributed by atoms with Gasteiger partial charge in [0.25, 0.3) is 0 Å². The molecule has 5 rings (SSSR count). The number of fused-ring (bicyclic) bond motifs is 3. The molecule has 0 amide bonds. The Hall–Kier alpha value is -3.67. The molecule has 31 heavy (non-hydrogen) atoms. The molecular weight excluding hydrogens is 392 g/mol. The van der Waals surface area contributed by atoms with Gasteiger partial charge in [-0.2, -0.15) is 5.10 Å². The topological polar surface area (TPSA) is 52.5 Å². The number of hydrazone groups is 1. The zero-order valence-electron chi connectivity index (χ0n) is 17.7. The molecule has 0 N–H and O–H groups in total. The first kappa shape index (κ1) is 19.3. The normalized spacial score (nSPS) is 19.1. The third-order valence-electron chi connectivity index (χ3n) is 5.79. The molecular formula is C25H24N2O4. The van der Waals surface area contributed by atoms with Gasteiger partial charge in [0.05, 0.1) is 33.1 Å². The van der Waals surface area contributed by atoms with Crippen LogP contribution in [0.4, 0.5) is 0 Å². The smallest absolute Gasteiger partial charge is 0.214 e. The summed E-state index contributed by atoms with van der Waals surface area (Å²) >= 11 is 0. The maximum absolute atomic E-state index is 6.43. The van der Waals surface area contributed by atoms with E-state index in [-0.39, 0.29) is 12.3 Å². The Labute approximate surface area is 181 Å². The minimum atomic E-state index is -0.372. The number of hydrogen-bond acceptors (Lipinski definition) is 6. The molecule has 158 valence electrons. The average Bonchev–Trinajstić information content (AvgIpc) is 3.29. The van der Waals surface area contributed by atoms with Crippen molar-refractivity contribution in [2.45, 2.75) is 18.7 Å². The number of methoxy groups -OCH3 is 3. The molecule has 0 saturated heterocycles. The van der Waals surface area contributed by atoms with Crippen LogP contribution in [0.5, 0.6) is 23.0 Å². The highest BCUT2D eigenvalue weighted by Gasteiger charge is 2.41. The van der Waals surface area contributed by atoms with Crippen molar-refractivity contribution in [2.75, 3.05) is 21.3 Å². The lowest BCUT2D eigenvalue weighted by Crippen LogP contribution is -2.33. The van der Waals surface area contributed by atoms with Gasteiger partial charge in [-0.25, -0.2) is 5.01 Å². The largest absolute Gasteiger partial charge is 0.497 e. The fourth-order valence-electron chi connectivity index (χ4n) is 4.24. The minimum Gasteiger partial charge on any atom is -0.497 e. The molecule has 6 heteroatoms. The van der Waals surface area contributed by atoms with Crippen molar-refractivity contribution >= 4 is 5.71 Å². The second kappa shape index (κ2) is 7.87. The molecule has 0 bridgehead atoms. The molecule has 2 aliphatic rings. The Bertz CT molecular complexity index is 1140.